The minimum absolute atomic E-state index is 0.542. The average molecular weight is 2060 g/mol. The van der Waals surface area contributed by atoms with Crippen molar-refractivity contribution < 1.29 is 20.4 Å². The normalized spacial score (nSPS) is 13.3. The predicted octanol–water partition coefficient (Wildman–Crippen LogP) is 32.4. The summed E-state index contributed by atoms with van der Waals surface area (Å²) in [6.07, 6.45) is 0. The third-order valence-electron chi connectivity index (χ3n) is 28.5. The molecule has 14 aromatic rings. The molecule has 0 aliphatic heterocycles. The summed E-state index contributed by atoms with van der Waals surface area (Å²) in [6, 6.07) is 93.0. The van der Waals surface area contributed by atoms with Gasteiger partial charge in [-0.05, 0) is 304 Å². The number of nitrogens with zero attached hydrogens (tertiary/aromatic N) is 6. The first-order chi connectivity index (χ1) is 68.4. The van der Waals surface area contributed by atoms with Crippen LogP contribution in [0.5, 0.6) is 0 Å². The van der Waals surface area contributed by atoms with Crippen LogP contribution < -0.4 is 0 Å². The lowest BCUT2D eigenvalue weighted by atomic mass is 9.79. The van der Waals surface area contributed by atoms with Crippen LogP contribution >= 0.6 is 92.8 Å². The van der Waals surface area contributed by atoms with Gasteiger partial charge < -0.3 is 49.8 Å². The van der Waals surface area contributed by atoms with E-state index in [2.05, 4.69) is 203 Å². The fraction of sp³-hybridized carbons (Fsp3) is 0.323. The minimum Gasteiger partial charge on any atom is -0.376 e. The Morgan fingerprint density at radius 3 is 0.366 bits per heavy atom. The first-order valence-corrected chi connectivity index (χ1v) is 53.7. The Bertz CT molecular complexity index is 5450. The van der Waals surface area contributed by atoms with Crippen molar-refractivity contribution in [2.24, 2.45) is 0 Å². The molecule has 0 spiro atoms. The molecular weight excluding hydrogens is 1920 g/mol. The molecule has 0 radical (unpaired) electrons. The summed E-state index contributed by atoms with van der Waals surface area (Å²) in [5.41, 5.74) is 17.1. The number of benzene rings is 14. The molecule has 0 unspecified atom stereocenters. The summed E-state index contributed by atoms with van der Waals surface area (Å²) in [7, 11) is 0. The van der Waals surface area contributed by atoms with Gasteiger partial charge in [0.05, 0.1) is 0 Å². The fourth-order valence-corrected chi connectivity index (χ4v) is 21.4. The maximum Gasteiger partial charge on any atom is 0.142 e. The van der Waals surface area contributed by atoms with Crippen LogP contribution in [0.4, 0.5) is 0 Å². The van der Waals surface area contributed by atoms with E-state index in [-0.39, 0.29) is 0 Å². The smallest absolute Gasteiger partial charge is 0.142 e. The van der Waals surface area contributed by atoms with E-state index in [1.165, 1.54) is 118 Å². The van der Waals surface area contributed by atoms with Gasteiger partial charge in [0.1, 0.15) is 22.4 Å². The zero-order chi connectivity index (χ0) is 103. The van der Waals surface area contributed by atoms with Crippen molar-refractivity contribution in [3.05, 3.63) is 398 Å². The third kappa shape index (κ3) is 24.8. The second kappa shape index (κ2) is 52.9. The number of rotatable bonds is 26. The molecule has 748 valence electrons. The summed E-state index contributed by atoms with van der Waals surface area (Å²) in [5.74, 6) is 0. The van der Waals surface area contributed by atoms with E-state index < -0.39 is 22.4 Å². The summed E-state index contributed by atoms with van der Waals surface area (Å²) < 4.78 is 0. The molecule has 18 rings (SSSR count). The van der Waals surface area contributed by atoms with Crippen molar-refractivity contribution in [2.45, 2.75) is 147 Å². The highest BCUT2D eigenvalue weighted by molar-refractivity contribution is 6.33. The van der Waals surface area contributed by atoms with Gasteiger partial charge in [0, 0.05) is 107 Å². The average Bonchev–Trinajstić information content (AvgIpc) is 1.56. The lowest BCUT2D eigenvalue weighted by Crippen LogP contribution is -2.27. The van der Waals surface area contributed by atoms with Gasteiger partial charge in [0.15, 0.2) is 0 Å². The van der Waals surface area contributed by atoms with Crippen molar-refractivity contribution in [2.75, 3.05) is 118 Å². The molecule has 0 atom stereocenters. The first kappa shape index (κ1) is 113. The van der Waals surface area contributed by atoms with Gasteiger partial charge in [-0.15, -0.1) is 0 Å². The molecule has 4 aliphatic rings. The molecule has 0 aromatic heterocycles. The van der Waals surface area contributed by atoms with Crippen molar-refractivity contribution in [3.8, 4) is 89.0 Å². The SMILES string of the molecule is CCN(CC)CC.CCN(CC)CC.CCN(CC)CC.CCN(CC)CC.CCN(CC)CC.CCN(CC)CC.OC1(c2ccccc2-c2ccc(-c3ccccc3C3(O)c4cc(Cl)ccc4-c4ccc(Cl)cc43)cc2)c2cc(Cl)ccc2-c2ccc(Cl)cc21.OC1(c2ccccc2-c2ccc(-c3ccccc3C3(O)c4cc(Cl)ccc4-c4ccc(Cl)cc43)cc2)c2cc(Cl)ccc2-c2ccc(Cl)cc21. The lowest BCUT2D eigenvalue weighted by molar-refractivity contribution is 0.131. The number of halogens is 8. The Hall–Kier alpha value is -9.00. The maximum atomic E-state index is 12.8. The second-order valence-electron chi connectivity index (χ2n) is 35.4. The van der Waals surface area contributed by atoms with E-state index in [1.807, 2.05) is 243 Å². The monoisotopic (exact) mass is 2060 g/mol. The number of fused-ring (bicyclic) bond motifs is 12. The molecule has 0 fully saturated rings. The Morgan fingerprint density at radius 2 is 0.261 bits per heavy atom. The predicted molar refractivity (Wildman–Crippen MR) is 611 cm³/mol. The van der Waals surface area contributed by atoms with Crippen LogP contribution in [0.25, 0.3) is 89.0 Å². The molecule has 18 heteroatoms. The molecular formula is C124H142Cl8N6O4. The number of aliphatic hydroxyl groups is 4. The molecule has 4 N–H and O–H groups in total. The highest BCUT2D eigenvalue weighted by atomic mass is 35.5. The van der Waals surface area contributed by atoms with Crippen molar-refractivity contribution >= 4 is 92.8 Å². The summed E-state index contributed by atoms with van der Waals surface area (Å²) >= 11 is 52.1. The van der Waals surface area contributed by atoms with Gasteiger partial charge in [0.2, 0.25) is 0 Å². The largest absolute Gasteiger partial charge is 0.376 e. The molecule has 4 aliphatic carbocycles. The quantitative estimate of drug-likeness (QED) is 0.0419. The highest BCUT2D eigenvalue weighted by Crippen LogP contribution is 2.60. The highest BCUT2D eigenvalue weighted by Gasteiger charge is 2.50. The minimum atomic E-state index is -1.49. The van der Waals surface area contributed by atoms with Gasteiger partial charge in [-0.2, -0.15) is 0 Å². The lowest BCUT2D eigenvalue weighted by Gasteiger charge is -2.30. The van der Waals surface area contributed by atoms with Gasteiger partial charge in [0.25, 0.3) is 0 Å². The van der Waals surface area contributed by atoms with Crippen LogP contribution in [-0.4, -0.2) is 168 Å². The van der Waals surface area contributed by atoms with Crippen molar-refractivity contribution in [1.82, 2.24) is 29.4 Å². The Labute approximate surface area is 887 Å². The topological polar surface area (TPSA) is 100 Å². The zero-order valence-electron chi connectivity index (χ0n) is 85.9. The summed E-state index contributed by atoms with van der Waals surface area (Å²) in [5, 5.41) is 55.6. The van der Waals surface area contributed by atoms with E-state index >= 15 is 0 Å². The summed E-state index contributed by atoms with van der Waals surface area (Å²) in [4.78, 5) is 14.2. The molecule has 0 bridgehead atoms. The van der Waals surface area contributed by atoms with Gasteiger partial charge in [-0.25, -0.2) is 0 Å². The molecule has 10 nitrogen and oxygen atoms in total. The van der Waals surface area contributed by atoms with E-state index in [0.29, 0.717) is 84.7 Å². The van der Waals surface area contributed by atoms with Crippen molar-refractivity contribution in [1.29, 1.82) is 0 Å². The second-order valence-corrected chi connectivity index (χ2v) is 38.9. The first-order valence-electron chi connectivity index (χ1n) is 50.7. The Kier molecular flexibility index (Phi) is 42.2. The molecule has 142 heavy (non-hydrogen) atoms. The van der Waals surface area contributed by atoms with Crippen LogP contribution in [0.3, 0.4) is 0 Å². The van der Waals surface area contributed by atoms with Gasteiger partial charge >= 0.3 is 0 Å². The van der Waals surface area contributed by atoms with Gasteiger partial charge in [-0.1, -0.05) is 412 Å². The van der Waals surface area contributed by atoms with Crippen LogP contribution in [0.15, 0.2) is 291 Å². The van der Waals surface area contributed by atoms with Crippen LogP contribution in [0.1, 0.15) is 191 Å². The Balaban J connectivity index is 0.000000193. The van der Waals surface area contributed by atoms with Crippen LogP contribution in [-0.2, 0) is 22.4 Å². The molecule has 0 saturated carbocycles. The van der Waals surface area contributed by atoms with E-state index in [0.717, 1.165) is 111 Å². The molecule has 0 saturated heterocycles. The number of hydrogen-bond donors (Lipinski definition) is 4. The Morgan fingerprint density at radius 1 is 0.148 bits per heavy atom. The van der Waals surface area contributed by atoms with Gasteiger partial charge in [-0.3, -0.25) is 0 Å². The maximum absolute atomic E-state index is 12.8. The third-order valence-corrected chi connectivity index (χ3v) is 30.3. The van der Waals surface area contributed by atoms with E-state index in [4.69, 9.17) is 92.8 Å². The van der Waals surface area contributed by atoms with E-state index in [9.17, 15) is 20.4 Å². The summed E-state index contributed by atoms with van der Waals surface area (Å²) in [6.45, 7) is 60.8. The van der Waals surface area contributed by atoms with Crippen molar-refractivity contribution in [3.63, 3.8) is 0 Å². The molecule has 0 heterocycles. The van der Waals surface area contributed by atoms with Crippen LogP contribution in [0.2, 0.25) is 40.2 Å². The molecule has 0 amide bonds. The zero-order valence-corrected chi connectivity index (χ0v) is 92.0. The van der Waals surface area contributed by atoms with Crippen LogP contribution in [0, 0.1) is 0 Å². The number of hydrogen-bond acceptors (Lipinski definition) is 10. The van der Waals surface area contributed by atoms with E-state index in [1.54, 1.807) is 0 Å². The molecule has 14 aromatic carbocycles. The standard InChI is InChI=1S/2C44H26Cl4O2.6C6H15N/c2*45-27-13-17-33-34-18-14-28(46)22-40(34)43(49,39(33)21-27)37-7-3-1-5-31(37)25-9-11-26(12-10-25)32-6-2-4-8-38(32)44(50)41-23-29(47)15-19-35(41)36-20-16-30(48)24-42(36)44;6*1-4-7(5-2)6-3/h2*1-24,49-50H;6*4-6H2,1-3H3. The fourth-order valence-electron chi connectivity index (χ4n) is 20.0.